The first kappa shape index (κ1) is 9.49. The molecule has 1 aromatic carbocycles. The number of ether oxygens (including phenoxy) is 2. The summed E-state index contributed by atoms with van der Waals surface area (Å²) in [6.07, 6.45) is 0. The first-order chi connectivity index (χ1) is 6.90. The molecule has 14 heavy (non-hydrogen) atoms. The predicted octanol–water partition coefficient (Wildman–Crippen LogP) is 1.18. The minimum absolute atomic E-state index is 0.514. The van der Waals surface area contributed by atoms with Crippen molar-refractivity contribution >= 4 is 0 Å². The van der Waals surface area contributed by atoms with Gasteiger partial charge in [0.1, 0.15) is 5.75 Å². The molecule has 3 heteroatoms. The average Bonchev–Trinajstić information content (AvgIpc) is 2.16. The Morgan fingerprint density at radius 3 is 2.86 bits per heavy atom. The fourth-order valence-electron chi connectivity index (χ4n) is 1.46. The lowest BCUT2D eigenvalue weighted by Gasteiger charge is -2.27. The third-order valence-corrected chi connectivity index (χ3v) is 2.41. The van der Waals surface area contributed by atoms with Crippen LogP contribution in [0.15, 0.2) is 24.3 Å². The Hall–Kier alpha value is -1.06. The molecule has 0 saturated carbocycles. The molecule has 0 amide bonds. The van der Waals surface area contributed by atoms with E-state index in [9.17, 15) is 0 Å². The van der Waals surface area contributed by atoms with Crippen LogP contribution in [-0.4, -0.2) is 26.4 Å². The molecular weight excluding hydrogens is 178 g/mol. The van der Waals surface area contributed by atoms with Gasteiger partial charge in [0.15, 0.2) is 0 Å². The highest BCUT2D eigenvalue weighted by atomic mass is 16.5. The van der Waals surface area contributed by atoms with Gasteiger partial charge in [0.05, 0.1) is 26.4 Å². The lowest BCUT2D eigenvalue weighted by molar-refractivity contribution is -0.00584. The van der Waals surface area contributed by atoms with Gasteiger partial charge in [-0.2, -0.15) is 0 Å². The van der Waals surface area contributed by atoms with Crippen LogP contribution in [0.5, 0.6) is 5.75 Å². The van der Waals surface area contributed by atoms with Crippen LogP contribution in [0.2, 0.25) is 0 Å². The highest BCUT2D eigenvalue weighted by Crippen LogP contribution is 2.17. The fraction of sp³-hybridized carbons (Fsp3) is 0.455. The summed E-state index contributed by atoms with van der Waals surface area (Å²) in [4.78, 5) is 0. The van der Waals surface area contributed by atoms with Crippen molar-refractivity contribution < 1.29 is 9.47 Å². The van der Waals surface area contributed by atoms with Crippen molar-refractivity contribution in [2.24, 2.45) is 0 Å². The number of benzene rings is 1. The molecule has 0 aliphatic carbocycles. The molecule has 1 aliphatic heterocycles. The van der Waals surface area contributed by atoms with Crippen LogP contribution in [0.4, 0.5) is 0 Å². The Morgan fingerprint density at radius 1 is 1.43 bits per heavy atom. The highest BCUT2D eigenvalue weighted by Gasteiger charge is 2.17. The van der Waals surface area contributed by atoms with E-state index in [1.54, 1.807) is 7.11 Å². The summed E-state index contributed by atoms with van der Waals surface area (Å²) in [5.74, 6) is 0.945. The van der Waals surface area contributed by atoms with E-state index in [0.717, 1.165) is 25.5 Å². The normalized spacial score (nSPS) is 16.4. The van der Waals surface area contributed by atoms with Crippen LogP contribution in [-0.2, 0) is 11.3 Å². The molecule has 1 fully saturated rings. The van der Waals surface area contributed by atoms with Gasteiger partial charge in [-0.3, -0.25) is 0 Å². The monoisotopic (exact) mass is 193 g/mol. The Bertz CT molecular complexity index is 297. The zero-order valence-electron chi connectivity index (χ0n) is 8.32. The Kier molecular flexibility index (Phi) is 3.01. The molecular formula is C11H15NO2. The van der Waals surface area contributed by atoms with E-state index in [2.05, 4.69) is 11.4 Å². The quantitative estimate of drug-likeness (QED) is 0.779. The third kappa shape index (κ3) is 2.05. The van der Waals surface area contributed by atoms with Crippen LogP contribution >= 0.6 is 0 Å². The maximum absolute atomic E-state index is 5.26. The van der Waals surface area contributed by atoms with Gasteiger partial charge in [-0.05, 0) is 6.07 Å². The molecule has 1 aliphatic rings. The van der Waals surface area contributed by atoms with E-state index in [-0.39, 0.29) is 0 Å². The number of para-hydroxylation sites is 1. The zero-order valence-corrected chi connectivity index (χ0v) is 8.32. The minimum atomic E-state index is 0.514. The zero-order chi connectivity index (χ0) is 9.80. The Morgan fingerprint density at radius 2 is 2.21 bits per heavy atom. The molecule has 2 rings (SSSR count). The van der Waals surface area contributed by atoms with Gasteiger partial charge in [0, 0.05) is 12.1 Å². The molecule has 1 saturated heterocycles. The second-order valence-corrected chi connectivity index (χ2v) is 3.43. The van der Waals surface area contributed by atoms with Gasteiger partial charge in [-0.25, -0.2) is 0 Å². The number of hydrogen-bond acceptors (Lipinski definition) is 3. The van der Waals surface area contributed by atoms with Crippen molar-refractivity contribution in [2.45, 2.75) is 12.6 Å². The van der Waals surface area contributed by atoms with Gasteiger partial charge >= 0.3 is 0 Å². The number of rotatable bonds is 4. The van der Waals surface area contributed by atoms with Crippen LogP contribution in [0.1, 0.15) is 5.56 Å². The molecule has 0 bridgehead atoms. The van der Waals surface area contributed by atoms with Crippen molar-refractivity contribution in [2.75, 3.05) is 20.3 Å². The summed E-state index contributed by atoms with van der Waals surface area (Å²) < 4.78 is 10.3. The van der Waals surface area contributed by atoms with Gasteiger partial charge in [-0.1, -0.05) is 18.2 Å². The van der Waals surface area contributed by atoms with Crippen LogP contribution in [0, 0.1) is 0 Å². The average molecular weight is 193 g/mol. The summed E-state index contributed by atoms with van der Waals surface area (Å²) in [7, 11) is 1.70. The summed E-state index contributed by atoms with van der Waals surface area (Å²) in [5, 5.41) is 3.41. The van der Waals surface area contributed by atoms with E-state index in [0.29, 0.717) is 6.04 Å². The first-order valence-corrected chi connectivity index (χ1v) is 4.83. The molecule has 0 radical (unpaired) electrons. The Balaban J connectivity index is 1.93. The summed E-state index contributed by atoms with van der Waals surface area (Å²) in [6, 6.07) is 8.57. The van der Waals surface area contributed by atoms with Crippen LogP contribution in [0.25, 0.3) is 0 Å². The van der Waals surface area contributed by atoms with Gasteiger partial charge < -0.3 is 14.8 Å². The SMILES string of the molecule is COc1ccccc1CNC1COC1. The topological polar surface area (TPSA) is 30.5 Å². The fourth-order valence-corrected chi connectivity index (χ4v) is 1.46. The number of hydrogen-bond donors (Lipinski definition) is 1. The molecule has 3 nitrogen and oxygen atoms in total. The third-order valence-electron chi connectivity index (χ3n) is 2.41. The van der Waals surface area contributed by atoms with Crippen molar-refractivity contribution in [3.05, 3.63) is 29.8 Å². The molecule has 0 atom stereocenters. The molecule has 1 N–H and O–H groups in total. The maximum Gasteiger partial charge on any atom is 0.123 e. The maximum atomic E-state index is 5.26. The van der Waals surface area contributed by atoms with E-state index >= 15 is 0 Å². The van der Waals surface area contributed by atoms with Gasteiger partial charge in [0.2, 0.25) is 0 Å². The molecule has 0 spiro atoms. The van der Waals surface area contributed by atoms with Gasteiger partial charge in [-0.15, -0.1) is 0 Å². The molecule has 0 aromatic heterocycles. The molecule has 0 unspecified atom stereocenters. The Labute approximate surface area is 84.0 Å². The largest absolute Gasteiger partial charge is 0.496 e. The lowest BCUT2D eigenvalue weighted by Crippen LogP contribution is -2.45. The molecule has 1 heterocycles. The van der Waals surface area contributed by atoms with Crippen molar-refractivity contribution in [3.8, 4) is 5.75 Å². The van der Waals surface area contributed by atoms with Crippen molar-refractivity contribution in [3.63, 3.8) is 0 Å². The van der Waals surface area contributed by atoms with E-state index in [4.69, 9.17) is 9.47 Å². The predicted molar refractivity (Wildman–Crippen MR) is 54.4 cm³/mol. The second kappa shape index (κ2) is 4.44. The summed E-state index contributed by atoms with van der Waals surface area (Å²) >= 11 is 0. The van der Waals surface area contributed by atoms with Crippen molar-refractivity contribution in [1.82, 2.24) is 5.32 Å². The van der Waals surface area contributed by atoms with E-state index < -0.39 is 0 Å². The second-order valence-electron chi connectivity index (χ2n) is 3.43. The smallest absolute Gasteiger partial charge is 0.123 e. The standard InChI is InChI=1S/C11H15NO2/c1-13-11-5-3-2-4-9(11)6-12-10-7-14-8-10/h2-5,10,12H,6-8H2,1H3. The van der Waals surface area contributed by atoms with Crippen molar-refractivity contribution in [1.29, 1.82) is 0 Å². The number of nitrogens with one attached hydrogen (secondary N) is 1. The minimum Gasteiger partial charge on any atom is -0.496 e. The summed E-state index contributed by atoms with van der Waals surface area (Å²) in [6.45, 7) is 2.50. The molecule has 76 valence electrons. The van der Waals surface area contributed by atoms with E-state index in [1.807, 2.05) is 18.2 Å². The number of methoxy groups -OCH3 is 1. The lowest BCUT2D eigenvalue weighted by atomic mass is 10.2. The van der Waals surface area contributed by atoms with Gasteiger partial charge in [0.25, 0.3) is 0 Å². The van der Waals surface area contributed by atoms with E-state index in [1.165, 1.54) is 5.56 Å². The van der Waals surface area contributed by atoms with Crippen LogP contribution in [0.3, 0.4) is 0 Å². The molecule has 1 aromatic rings. The first-order valence-electron chi connectivity index (χ1n) is 4.83. The highest BCUT2D eigenvalue weighted by molar-refractivity contribution is 5.33. The van der Waals surface area contributed by atoms with Crippen LogP contribution < -0.4 is 10.1 Å². The summed E-state index contributed by atoms with van der Waals surface area (Å²) in [5.41, 5.74) is 1.20.